The summed E-state index contributed by atoms with van der Waals surface area (Å²) in [4.78, 5) is 22.8. The SMILES string of the molecule is COC12CCC(CC1)c1c(OC(C)=O)ccc(OC(C)=O)c12. The number of esters is 2. The Morgan fingerprint density at radius 2 is 1.59 bits per heavy atom. The lowest BCUT2D eigenvalue weighted by atomic mass is 9.63. The molecule has 0 aliphatic heterocycles. The molecule has 0 radical (unpaired) electrons. The third-order valence-electron chi connectivity index (χ3n) is 4.72. The highest BCUT2D eigenvalue weighted by atomic mass is 16.5. The number of methoxy groups -OCH3 is 1. The number of hydrogen-bond acceptors (Lipinski definition) is 5. The molecule has 1 fully saturated rings. The van der Waals surface area contributed by atoms with Crippen LogP contribution in [0.15, 0.2) is 12.1 Å². The second kappa shape index (κ2) is 5.39. The molecule has 0 unspecified atom stereocenters. The molecule has 1 aromatic rings. The lowest BCUT2D eigenvalue weighted by Crippen LogP contribution is -2.40. The summed E-state index contributed by atoms with van der Waals surface area (Å²) in [5.41, 5.74) is 1.39. The number of benzene rings is 1. The zero-order chi connectivity index (χ0) is 15.9. The van der Waals surface area contributed by atoms with E-state index >= 15 is 0 Å². The van der Waals surface area contributed by atoms with Crippen LogP contribution in [-0.2, 0) is 19.9 Å². The molecule has 0 heterocycles. The fourth-order valence-corrected chi connectivity index (χ4v) is 3.87. The summed E-state index contributed by atoms with van der Waals surface area (Å²) < 4.78 is 16.6. The van der Waals surface area contributed by atoms with Crippen LogP contribution < -0.4 is 9.47 Å². The molecule has 5 heteroatoms. The van der Waals surface area contributed by atoms with Gasteiger partial charge in [-0.25, -0.2) is 0 Å². The summed E-state index contributed by atoms with van der Waals surface area (Å²) in [5.74, 6) is 0.677. The number of rotatable bonds is 3. The maximum Gasteiger partial charge on any atom is 0.308 e. The molecule has 0 amide bonds. The van der Waals surface area contributed by atoms with Crippen molar-refractivity contribution in [3.63, 3.8) is 0 Å². The van der Waals surface area contributed by atoms with Crippen molar-refractivity contribution in [1.82, 2.24) is 0 Å². The Bertz CT molecular complexity index is 626. The monoisotopic (exact) mass is 304 g/mol. The van der Waals surface area contributed by atoms with Crippen molar-refractivity contribution in [2.75, 3.05) is 7.11 Å². The molecule has 2 bridgehead atoms. The molecule has 0 saturated heterocycles. The van der Waals surface area contributed by atoms with E-state index in [1.54, 1.807) is 19.2 Å². The molecule has 5 nitrogen and oxygen atoms in total. The normalized spacial score (nSPS) is 25.5. The van der Waals surface area contributed by atoms with Gasteiger partial charge in [0, 0.05) is 32.1 Å². The molecular weight excluding hydrogens is 284 g/mol. The van der Waals surface area contributed by atoms with Crippen LogP contribution in [0.4, 0.5) is 0 Å². The Labute approximate surface area is 129 Å². The van der Waals surface area contributed by atoms with Crippen LogP contribution in [0.3, 0.4) is 0 Å². The van der Waals surface area contributed by atoms with Crippen LogP contribution in [0, 0.1) is 0 Å². The van der Waals surface area contributed by atoms with Gasteiger partial charge in [0.05, 0.1) is 5.60 Å². The van der Waals surface area contributed by atoms with Crippen molar-refractivity contribution in [3.05, 3.63) is 23.3 Å². The lowest BCUT2D eigenvalue weighted by Gasteiger charge is -2.47. The van der Waals surface area contributed by atoms with E-state index in [9.17, 15) is 9.59 Å². The van der Waals surface area contributed by atoms with Gasteiger partial charge in [0.25, 0.3) is 0 Å². The van der Waals surface area contributed by atoms with E-state index in [4.69, 9.17) is 14.2 Å². The molecular formula is C17H20O5. The second-order valence-electron chi connectivity index (χ2n) is 6.01. The van der Waals surface area contributed by atoms with Gasteiger partial charge < -0.3 is 14.2 Å². The summed E-state index contributed by atoms with van der Waals surface area (Å²) in [6.45, 7) is 2.77. The van der Waals surface area contributed by atoms with Gasteiger partial charge in [-0.3, -0.25) is 9.59 Å². The van der Waals surface area contributed by atoms with E-state index in [2.05, 4.69) is 0 Å². The summed E-state index contributed by atoms with van der Waals surface area (Å²) in [6.07, 6.45) is 3.75. The first-order chi connectivity index (χ1) is 10.5. The van der Waals surface area contributed by atoms with Gasteiger partial charge >= 0.3 is 11.9 Å². The van der Waals surface area contributed by atoms with Crippen molar-refractivity contribution < 1.29 is 23.8 Å². The van der Waals surface area contributed by atoms with Crippen molar-refractivity contribution in [1.29, 1.82) is 0 Å². The van der Waals surface area contributed by atoms with E-state index in [-0.39, 0.29) is 11.9 Å². The van der Waals surface area contributed by atoms with Gasteiger partial charge in [0.2, 0.25) is 0 Å². The number of carbonyl (C=O) groups is 2. The predicted molar refractivity (Wildman–Crippen MR) is 79.0 cm³/mol. The highest BCUT2D eigenvalue weighted by Gasteiger charge is 2.48. The van der Waals surface area contributed by atoms with Crippen LogP contribution in [0.1, 0.15) is 56.6 Å². The standard InChI is InChI=1S/C17H20O5/c1-10(18)21-13-4-5-14(22-11(2)19)16-15(13)12-6-8-17(16,20-3)9-7-12/h4-5,12H,6-9H2,1-3H3. The Morgan fingerprint density at radius 1 is 1.05 bits per heavy atom. The Kier molecular flexibility index (Phi) is 3.68. The van der Waals surface area contributed by atoms with Gasteiger partial charge in [-0.15, -0.1) is 0 Å². The van der Waals surface area contributed by atoms with E-state index in [0.717, 1.165) is 36.8 Å². The third kappa shape index (κ3) is 2.29. The quantitative estimate of drug-likeness (QED) is 0.634. The molecule has 22 heavy (non-hydrogen) atoms. The minimum atomic E-state index is -0.453. The summed E-state index contributed by atoms with van der Waals surface area (Å²) >= 11 is 0. The van der Waals surface area contributed by atoms with Crippen LogP contribution in [0.5, 0.6) is 11.5 Å². The van der Waals surface area contributed by atoms with E-state index in [1.165, 1.54) is 13.8 Å². The average Bonchev–Trinajstić information content (AvgIpc) is 2.49. The molecule has 1 aromatic carbocycles. The maximum absolute atomic E-state index is 11.4. The molecule has 1 saturated carbocycles. The molecule has 4 rings (SSSR count). The second-order valence-corrected chi connectivity index (χ2v) is 6.01. The third-order valence-corrected chi connectivity index (χ3v) is 4.72. The summed E-state index contributed by atoms with van der Waals surface area (Å²) in [7, 11) is 1.69. The number of fused-ring (bicyclic) bond motifs is 2. The van der Waals surface area contributed by atoms with Gasteiger partial charge in [-0.05, 0) is 43.7 Å². The van der Waals surface area contributed by atoms with Crippen LogP contribution in [0.2, 0.25) is 0 Å². The van der Waals surface area contributed by atoms with Gasteiger partial charge in [-0.2, -0.15) is 0 Å². The Hall–Kier alpha value is -1.88. The Morgan fingerprint density at radius 3 is 2.14 bits per heavy atom. The van der Waals surface area contributed by atoms with Crippen LogP contribution in [-0.4, -0.2) is 19.0 Å². The van der Waals surface area contributed by atoms with Crippen molar-refractivity contribution in [2.45, 2.75) is 51.0 Å². The molecule has 0 atom stereocenters. The first kappa shape index (κ1) is 15.0. The largest absolute Gasteiger partial charge is 0.426 e. The Balaban J connectivity index is 2.20. The number of hydrogen-bond donors (Lipinski definition) is 0. The molecule has 3 aliphatic rings. The zero-order valence-electron chi connectivity index (χ0n) is 13.1. The summed E-state index contributed by atoms with van der Waals surface area (Å²) in [5, 5.41) is 0. The number of ether oxygens (including phenoxy) is 3. The minimum absolute atomic E-state index is 0.317. The van der Waals surface area contributed by atoms with Gasteiger partial charge in [-0.1, -0.05) is 0 Å². The average molecular weight is 304 g/mol. The maximum atomic E-state index is 11.4. The number of carbonyl (C=O) groups excluding carboxylic acids is 2. The summed E-state index contributed by atoms with van der Waals surface area (Å²) in [6, 6.07) is 3.41. The van der Waals surface area contributed by atoms with Crippen molar-refractivity contribution >= 4 is 11.9 Å². The van der Waals surface area contributed by atoms with Gasteiger partial charge in [0.15, 0.2) is 0 Å². The first-order valence-electron chi connectivity index (χ1n) is 7.56. The first-order valence-corrected chi connectivity index (χ1v) is 7.56. The van der Waals surface area contributed by atoms with Crippen LogP contribution in [0.25, 0.3) is 0 Å². The molecule has 0 N–H and O–H groups in total. The van der Waals surface area contributed by atoms with E-state index < -0.39 is 5.60 Å². The molecule has 0 spiro atoms. The topological polar surface area (TPSA) is 61.8 Å². The highest BCUT2D eigenvalue weighted by molar-refractivity contribution is 5.73. The molecule has 3 aliphatic carbocycles. The van der Waals surface area contributed by atoms with E-state index in [1.807, 2.05) is 0 Å². The van der Waals surface area contributed by atoms with E-state index in [0.29, 0.717) is 17.4 Å². The molecule has 118 valence electrons. The van der Waals surface area contributed by atoms with Crippen molar-refractivity contribution in [3.8, 4) is 11.5 Å². The van der Waals surface area contributed by atoms with Gasteiger partial charge in [0.1, 0.15) is 11.5 Å². The highest BCUT2D eigenvalue weighted by Crippen LogP contribution is 2.58. The fraction of sp³-hybridized carbons (Fsp3) is 0.529. The smallest absolute Gasteiger partial charge is 0.308 e. The fourth-order valence-electron chi connectivity index (χ4n) is 3.87. The minimum Gasteiger partial charge on any atom is -0.426 e. The van der Waals surface area contributed by atoms with Crippen molar-refractivity contribution in [2.24, 2.45) is 0 Å². The zero-order valence-corrected chi connectivity index (χ0v) is 13.1. The molecule has 0 aromatic heterocycles. The van der Waals surface area contributed by atoms with Crippen LogP contribution >= 0.6 is 0 Å². The predicted octanol–water partition coefficient (Wildman–Crippen LogP) is 3.05. The lowest BCUT2D eigenvalue weighted by molar-refractivity contribution is -0.133.